The third-order valence-corrected chi connectivity index (χ3v) is 5.57. The first-order chi connectivity index (χ1) is 14.5. The molecular weight excluding hydrogens is 376 g/mol. The Morgan fingerprint density at radius 1 is 0.967 bits per heavy atom. The second-order valence-electron chi connectivity index (χ2n) is 7.82. The Bertz CT molecular complexity index is 1030. The van der Waals surface area contributed by atoms with Gasteiger partial charge in [-0.1, -0.05) is 54.6 Å². The topological polar surface area (TPSA) is 58.4 Å². The summed E-state index contributed by atoms with van der Waals surface area (Å²) in [5, 5.41) is 4.10. The Kier molecular flexibility index (Phi) is 5.77. The van der Waals surface area contributed by atoms with Gasteiger partial charge in [0.2, 0.25) is 0 Å². The molecular formula is C24H26N4O2. The van der Waals surface area contributed by atoms with E-state index in [0.29, 0.717) is 12.2 Å². The summed E-state index contributed by atoms with van der Waals surface area (Å²) in [6.07, 6.45) is 1.56. The monoisotopic (exact) mass is 402 g/mol. The van der Waals surface area contributed by atoms with E-state index in [-0.39, 0.29) is 17.9 Å². The molecule has 4 rings (SSSR count). The fraction of sp³-hybridized carbons (Fsp3) is 0.292. The van der Waals surface area contributed by atoms with Crippen molar-refractivity contribution in [1.82, 2.24) is 19.6 Å². The van der Waals surface area contributed by atoms with Gasteiger partial charge in [0.25, 0.3) is 0 Å². The number of aromatic nitrogens is 2. The van der Waals surface area contributed by atoms with Gasteiger partial charge in [0.05, 0.1) is 0 Å². The first-order valence-electron chi connectivity index (χ1n) is 10.3. The van der Waals surface area contributed by atoms with Crippen LogP contribution < -0.4 is 0 Å². The molecule has 1 amide bonds. The third kappa shape index (κ3) is 4.33. The van der Waals surface area contributed by atoms with Crippen LogP contribution in [0.3, 0.4) is 0 Å². The minimum atomic E-state index is -0.179. The largest absolute Gasteiger partial charge is 0.344 e. The van der Waals surface area contributed by atoms with E-state index in [1.54, 1.807) is 12.3 Å². The highest BCUT2D eigenvalue weighted by atomic mass is 16.2. The quantitative estimate of drug-likeness (QED) is 0.621. The van der Waals surface area contributed by atoms with E-state index in [9.17, 15) is 9.59 Å². The van der Waals surface area contributed by atoms with Gasteiger partial charge in [-0.2, -0.15) is 9.78 Å². The van der Waals surface area contributed by atoms with E-state index >= 15 is 0 Å². The molecule has 30 heavy (non-hydrogen) atoms. The standard InChI is InChI=1S/C24H26N4O2/c1-18-16-26(14-15-27(18)24(30)28-13-12-23(25-28)19(2)29)17-20-8-10-22(11-9-20)21-6-4-3-5-7-21/h3-13,18H,14-17H2,1-2H3/t18-/m1/s1. The van der Waals surface area contributed by atoms with Crippen molar-refractivity contribution in [3.63, 3.8) is 0 Å². The van der Waals surface area contributed by atoms with Crippen LogP contribution in [0.1, 0.15) is 29.9 Å². The number of carbonyl (C=O) groups is 2. The van der Waals surface area contributed by atoms with Crippen LogP contribution in [0.25, 0.3) is 11.1 Å². The molecule has 2 aromatic carbocycles. The average Bonchev–Trinajstić information content (AvgIpc) is 3.25. The lowest BCUT2D eigenvalue weighted by Crippen LogP contribution is -2.54. The molecule has 2 heterocycles. The van der Waals surface area contributed by atoms with Gasteiger partial charge in [-0.3, -0.25) is 9.69 Å². The van der Waals surface area contributed by atoms with Gasteiger partial charge in [0.15, 0.2) is 5.78 Å². The predicted octanol–water partition coefficient (Wildman–Crippen LogP) is 3.93. The molecule has 3 aromatic rings. The Morgan fingerprint density at radius 2 is 1.67 bits per heavy atom. The van der Waals surface area contributed by atoms with E-state index < -0.39 is 0 Å². The van der Waals surface area contributed by atoms with E-state index in [0.717, 1.165) is 19.6 Å². The van der Waals surface area contributed by atoms with E-state index in [2.05, 4.69) is 65.5 Å². The fourth-order valence-corrected chi connectivity index (χ4v) is 3.90. The second kappa shape index (κ2) is 8.63. The number of Topliss-reactive ketones (excluding diaryl/α,β-unsaturated/α-hetero) is 1. The van der Waals surface area contributed by atoms with Crippen LogP contribution in [0.2, 0.25) is 0 Å². The van der Waals surface area contributed by atoms with Crippen molar-refractivity contribution in [2.75, 3.05) is 19.6 Å². The zero-order valence-corrected chi connectivity index (χ0v) is 17.4. The Balaban J connectivity index is 1.36. The number of amides is 1. The molecule has 154 valence electrons. The SMILES string of the molecule is CC(=O)c1ccn(C(=O)N2CCN(Cc3ccc(-c4ccccc4)cc3)C[C@H]2C)n1. The van der Waals surface area contributed by atoms with Gasteiger partial charge in [0.1, 0.15) is 5.69 Å². The van der Waals surface area contributed by atoms with Crippen molar-refractivity contribution >= 4 is 11.8 Å². The number of rotatable bonds is 4. The molecule has 0 aliphatic carbocycles. The summed E-state index contributed by atoms with van der Waals surface area (Å²) < 4.78 is 1.27. The van der Waals surface area contributed by atoms with Gasteiger partial charge >= 0.3 is 6.03 Å². The molecule has 0 bridgehead atoms. The summed E-state index contributed by atoms with van der Waals surface area (Å²) in [6, 6.07) is 20.5. The molecule has 1 aliphatic rings. The highest BCUT2D eigenvalue weighted by Gasteiger charge is 2.28. The van der Waals surface area contributed by atoms with Crippen LogP contribution in [-0.2, 0) is 6.54 Å². The minimum absolute atomic E-state index is 0.0693. The van der Waals surface area contributed by atoms with Crippen molar-refractivity contribution < 1.29 is 9.59 Å². The molecule has 6 heteroatoms. The minimum Gasteiger partial charge on any atom is -0.318 e. The lowest BCUT2D eigenvalue weighted by Gasteiger charge is -2.39. The molecule has 1 saturated heterocycles. The van der Waals surface area contributed by atoms with Crippen LogP contribution in [-0.4, -0.2) is 57.1 Å². The molecule has 0 N–H and O–H groups in total. The maximum atomic E-state index is 12.8. The number of benzene rings is 2. The summed E-state index contributed by atoms with van der Waals surface area (Å²) in [5.74, 6) is -0.141. The lowest BCUT2D eigenvalue weighted by molar-refractivity contribution is 0.0965. The van der Waals surface area contributed by atoms with Gasteiger partial charge in [-0.05, 0) is 29.7 Å². The van der Waals surface area contributed by atoms with Crippen LogP contribution in [0.4, 0.5) is 4.79 Å². The van der Waals surface area contributed by atoms with Crippen LogP contribution in [0.15, 0.2) is 66.9 Å². The van der Waals surface area contributed by atoms with Gasteiger partial charge in [-0.15, -0.1) is 0 Å². The maximum absolute atomic E-state index is 12.8. The summed E-state index contributed by atoms with van der Waals surface area (Å²) in [5.41, 5.74) is 4.01. The number of carbonyl (C=O) groups excluding carboxylic acids is 2. The molecule has 0 saturated carbocycles. The van der Waals surface area contributed by atoms with Gasteiger partial charge in [-0.25, -0.2) is 4.79 Å². The summed E-state index contributed by atoms with van der Waals surface area (Å²) in [4.78, 5) is 28.4. The summed E-state index contributed by atoms with van der Waals surface area (Å²) >= 11 is 0. The Morgan fingerprint density at radius 3 is 2.30 bits per heavy atom. The smallest absolute Gasteiger partial charge is 0.318 e. The van der Waals surface area contributed by atoms with E-state index in [4.69, 9.17) is 0 Å². The zero-order valence-electron chi connectivity index (χ0n) is 17.4. The van der Waals surface area contributed by atoms with Crippen molar-refractivity contribution in [3.8, 4) is 11.1 Å². The fourth-order valence-electron chi connectivity index (χ4n) is 3.90. The number of hydrogen-bond acceptors (Lipinski definition) is 4. The predicted molar refractivity (Wildman–Crippen MR) is 116 cm³/mol. The molecule has 6 nitrogen and oxygen atoms in total. The van der Waals surface area contributed by atoms with Gasteiger partial charge < -0.3 is 4.90 Å². The first kappa shape index (κ1) is 20.0. The third-order valence-electron chi connectivity index (χ3n) is 5.57. The lowest BCUT2D eigenvalue weighted by atomic mass is 10.0. The first-order valence-corrected chi connectivity index (χ1v) is 10.3. The molecule has 0 radical (unpaired) electrons. The van der Waals surface area contributed by atoms with Crippen molar-refractivity contribution in [2.45, 2.75) is 26.4 Å². The van der Waals surface area contributed by atoms with Crippen LogP contribution in [0.5, 0.6) is 0 Å². The van der Waals surface area contributed by atoms with E-state index in [1.807, 2.05) is 11.0 Å². The molecule has 1 aromatic heterocycles. The summed E-state index contributed by atoms with van der Waals surface area (Å²) in [7, 11) is 0. The number of hydrogen-bond donors (Lipinski definition) is 0. The normalized spacial score (nSPS) is 17.1. The zero-order chi connectivity index (χ0) is 21.1. The Hall–Kier alpha value is -3.25. The molecule has 0 spiro atoms. The molecule has 0 unspecified atom stereocenters. The molecule has 1 atom stereocenters. The van der Waals surface area contributed by atoms with Crippen LogP contribution >= 0.6 is 0 Å². The second-order valence-corrected chi connectivity index (χ2v) is 7.82. The van der Waals surface area contributed by atoms with Crippen LogP contribution in [0, 0.1) is 0 Å². The van der Waals surface area contributed by atoms with Crippen molar-refractivity contribution in [2.24, 2.45) is 0 Å². The van der Waals surface area contributed by atoms with Crippen molar-refractivity contribution in [1.29, 1.82) is 0 Å². The molecule has 1 aliphatic heterocycles. The van der Waals surface area contributed by atoms with Gasteiger partial charge in [0, 0.05) is 45.3 Å². The van der Waals surface area contributed by atoms with Crippen molar-refractivity contribution in [3.05, 3.63) is 78.1 Å². The van der Waals surface area contributed by atoms with E-state index in [1.165, 1.54) is 28.3 Å². The number of ketones is 1. The Labute approximate surface area is 176 Å². The highest BCUT2D eigenvalue weighted by Crippen LogP contribution is 2.21. The maximum Gasteiger partial charge on any atom is 0.344 e. The average molecular weight is 402 g/mol. The number of piperazine rings is 1. The molecule has 1 fully saturated rings. The summed E-state index contributed by atoms with van der Waals surface area (Å²) in [6.45, 7) is 6.60. The highest BCUT2D eigenvalue weighted by molar-refractivity contribution is 5.92. The number of nitrogens with zero attached hydrogens (tertiary/aromatic N) is 4.